The number of carbonyl (C=O) groups excluding carboxylic acids is 1. The van der Waals surface area contributed by atoms with E-state index in [0.29, 0.717) is 11.5 Å². The third kappa shape index (κ3) is 3.84. The van der Waals surface area contributed by atoms with Gasteiger partial charge in [0.25, 0.3) is 5.91 Å². The molecule has 1 unspecified atom stereocenters. The summed E-state index contributed by atoms with van der Waals surface area (Å²) in [4.78, 5) is 15.2. The first-order chi connectivity index (χ1) is 8.60. The first-order valence-electron chi connectivity index (χ1n) is 5.55. The van der Waals surface area contributed by atoms with Gasteiger partial charge < -0.3 is 14.7 Å². The van der Waals surface area contributed by atoms with Crippen LogP contribution in [0.1, 0.15) is 21.5 Å². The zero-order chi connectivity index (χ0) is 13.5. The van der Waals surface area contributed by atoms with Gasteiger partial charge in [0.15, 0.2) is 0 Å². The van der Waals surface area contributed by atoms with Crippen molar-refractivity contribution in [1.82, 2.24) is 4.90 Å². The van der Waals surface area contributed by atoms with E-state index in [1.165, 1.54) is 11.3 Å². The molecular weight excluding hydrogens is 250 g/mol. The molecule has 1 atom stereocenters. The third-order valence-electron chi connectivity index (χ3n) is 2.50. The number of hydrogen-bond donors (Lipinski definition) is 1. The van der Waals surface area contributed by atoms with E-state index in [2.05, 4.69) is 11.8 Å². The highest BCUT2D eigenvalue weighted by atomic mass is 32.1. The molecule has 0 aliphatic heterocycles. The fraction of sp³-hybridized carbons (Fsp3) is 0.462. The number of nitrogens with zero attached hydrogens (tertiary/aromatic N) is 1. The lowest BCUT2D eigenvalue weighted by molar-refractivity contribution is 0.0638. The van der Waals surface area contributed by atoms with E-state index in [-0.39, 0.29) is 18.6 Å². The maximum atomic E-state index is 12.1. The van der Waals surface area contributed by atoms with Gasteiger partial charge in [-0.2, -0.15) is 0 Å². The van der Waals surface area contributed by atoms with Gasteiger partial charge in [-0.1, -0.05) is 11.8 Å². The first-order valence-corrected chi connectivity index (χ1v) is 6.37. The van der Waals surface area contributed by atoms with Crippen LogP contribution < -0.4 is 0 Å². The summed E-state index contributed by atoms with van der Waals surface area (Å²) in [6.07, 6.45) is 0. The third-order valence-corrected chi connectivity index (χ3v) is 3.49. The molecule has 0 saturated carbocycles. The van der Waals surface area contributed by atoms with Crippen LogP contribution in [0.15, 0.2) is 12.1 Å². The van der Waals surface area contributed by atoms with Gasteiger partial charge >= 0.3 is 0 Å². The summed E-state index contributed by atoms with van der Waals surface area (Å²) >= 11 is 1.33. The summed E-state index contributed by atoms with van der Waals surface area (Å²) in [5, 5.41) is 8.61. The van der Waals surface area contributed by atoms with Crippen molar-refractivity contribution in [1.29, 1.82) is 0 Å². The van der Waals surface area contributed by atoms with Gasteiger partial charge in [0.2, 0.25) is 0 Å². The molecule has 0 spiro atoms. The van der Waals surface area contributed by atoms with E-state index in [9.17, 15) is 4.79 Å². The fourth-order valence-corrected chi connectivity index (χ4v) is 2.24. The quantitative estimate of drug-likeness (QED) is 0.834. The Morgan fingerprint density at radius 3 is 2.94 bits per heavy atom. The normalized spacial score (nSPS) is 11.6. The van der Waals surface area contributed by atoms with Gasteiger partial charge in [0.1, 0.15) is 6.61 Å². The average Bonchev–Trinajstić information content (AvgIpc) is 2.83. The van der Waals surface area contributed by atoms with Crippen LogP contribution in [0.25, 0.3) is 0 Å². The monoisotopic (exact) mass is 267 g/mol. The van der Waals surface area contributed by atoms with Crippen LogP contribution in [-0.4, -0.2) is 49.3 Å². The molecule has 0 aliphatic rings. The van der Waals surface area contributed by atoms with Crippen LogP contribution in [0, 0.1) is 11.8 Å². The van der Waals surface area contributed by atoms with Gasteiger partial charge in [-0.05, 0) is 19.1 Å². The van der Waals surface area contributed by atoms with Crippen LogP contribution in [0.3, 0.4) is 0 Å². The molecule has 1 heterocycles. The number of ether oxygens (including phenoxy) is 1. The van der Waals surface area contributed by atoms with Gasteiger partial charge in [-0.25, -0.2) is 0 Å². The molecule has 18 heavy (non-hydrogen) atoms. The fourth-order valence-electron chi connectivity index (χ4n) is 1.37. The molecule has 0 bridgehead atoms. The Bertz CT molecular complexity index is 458. The number of aliphatic hydroxyl groups excluding tert-OH is 1. The van der Waals surface area contributed by atoms with Gasteiger partial charge in [-0.15, -0.1) is 11.3 Å². The standard InChI is InChI=1S/C13H17NO3S/c1-10(9-17-3)14(2)13(16)12-7-6-11(18-12)5-4-8-15/h6-7,10,15H,8-9H2,1-3H3. The van der Waals surface area contributed by atoms with E-state index in [1.807, 2.05) is 6.92 Å². The van der Waals surface area contributed by atoms with E-state index in [1.54, 1.807) is 31.2 Å². The van der Waals surface area contributed by atoms with Crippen LogP contribution in [0.5, 0.6) is 0 Å². The smallest absolute Gasteiger partial charge is 0.264 e. The largest absolute Gasteiger partial charge is 0.384 e. The maximum Gasteiger partial charge on any atom is 0.264 e. The minimum absolute atomic E-state index is 0.0246. The second-order valence-corrected chi connectivity index (χ2v) is 4.93. The zero-order valence-electron chi connectivity index (χ0n) is 10.8. The molecule has 1 N–H and O–H groups in total. The molecule has 4 nitrogen and oxygen atoms in total. The van der Waals surface area contributed by atoms with Crippen LogP contribution in [-0.2, 0) is 4.74 Å². The van der Waals surface area contributed by atoms with Crippen molar-refractivity contribution in [2.45, 2.75) is 13.0 Å². The lowest BCUT2D eigenvalue weighted by atomic mass is 10.3. The number of amides is 1. The summed E-state index contributed by atoms with van der Waals surface area (Å²) < 4.78 is 5.03. The number of thiophene rings is 1. The molecule has 0 fully saturated rings. The topological polar surface area (TPSA) is 49.8 Å². The molecule has 0 radical (unpaired) electrons. The van der Waals surface area contributed by atoms with Gasteiger partial charge in [-0.3, -0.25) is 4.79 Å². The Kier molecular flexibility index (Phi) is 5.86. The molecule has 5 heteroatoms. The van der Waals surface area contributed by atoms with Gasteiger partial charge in [0, 0.05) is 14.2 Å². The van der Waals surface area contributed by atoms with Crippen molar-refractivity contribution < 1.29 is 14.6 Å². The van der Waals surface area contributed by atoms with E-state index in [4.69, 9.17) is 9.84 Å². The second-order valence-electron chi connectivity index (χ2n) is 3.84. The SMILES string of the molecule is COCC(C)N(C)C(=O)c1ccc(C#CCO)s1. The Hall–Kier alpha value is -1.35. The maximum absolute atomic E-state index is 12.1. The van der Waals surface area contributed by atoms with Crippen molar-refractivity contribution in [2.24, 2.45) is 0 Å². The molecular formula is C13H17NO3S. The minimum Gasteiger partial charge on any atom is -0.384 e. The number of likely N-dealkylation sites (N-methyl/N-ethyl adjacent to an activating group) is 1. The molecule has 1 amide bonds. The number of hydrogen-bond acceptors (Lipinski definition) is 4. The second kappa shape index (κ2) is 7.17. The summed E-state index contributed by atoms with van der Waals surface area (Å²) in [5.41, 5.74) is 0. The van der Waals surface area contributed by atoms with E-state index in [0.717, 1.165) is 4.88 Å². The Morgan fingerprint density at radius 2 is 2.33 bits per heavy atom. The molecule has 0 saturated heterocycles. The summed E-state index contributed by atoms with van der Waals surface area (Å²) in [7, 11) is 3.37. The van der Waals surface area contributed by atoms with Gasteiger partial charge in [0.05, 0.1) is 22.4 Å². The Labute approximate surface area is 111 Å². The predicted octanol–water partition coefficient (Wildman–Crippen LogP) is 1.20. The Morgan fingerprint density at radius 1 is 1.61 bits per heavy atom. The number of methoxy groups -OCH3 is 1. The van der Waals surface area contributed by atoms with Crippen molar-refractivity contribution in [3.63, 3.8) is 0 Å². The molecule has 98 valence electrons. The minimum atomic E-state index is -0.175. The molecule has 0 aromatic carbocycles. The highest BCUT2D eigenvalue weighted by Gasteiger charge is 2.18. The van der Waals surface area contributed by atoms with Crippen LogP contribution >= 0.6 is 11.3 Å². The first kappa shape index (κ1) is 14.7. The highest BCUT2D eigenvalue weighted by Crippen LogP contribution is 2.18. The van der Waals surface area contributed by atoms with Crippen molar-refractivity contribution in [2.75, 3.05) is 27.4 Å². The molecule has 1 aromatic heterocycles. The number of carbonyl (C=O) groups is 1. The van der Waals surface area contributed by atoms with Crippen LogP contribution in [0.4, 0.5) is 0 Å². The molecule has 1 aromatic rings. The Balaban J connectivity index is 2.75. The summed E-state index contributed by atoms with van der Waals surface area (Å²) in [6.45, 7) is 2.26. The summed E-state index contributed by atoms with van der Waals surface area (Å²) in [5.74, 6) is 5.31. The van der Waals surface area contributed by atoms with Crippen molar-refractivity contribution >= 4 is 17.2 Å². The van der Waals surface area contributed by atoms with Crippen molar-refractivity contribution in [3.05, 3.63) is 21.9 Å². The van der Waals surface area contributed by atoms with E-state index >= 15 is 0 Å². The van der Waals surface area contributed by atoms with Crippen LogP contribution in [0.2, 0.25) is 0 Å². The number of aliphatic hydroxyl groups is 1. The lowest BCUT2D eigenvalue weighted by Crippen LogP contribution is -2.37. The molecule has 1 rings (SSSR count). The lowest BCUT2D eigenvalue weighted by Gasteiger charge is -2.23. The molecule has 0 aliphatic carbocycles. The zero-order valence-corrected chi connectivity index (χ0v) is 11.6. The summed E-state index contributed by atoms with van der Waals surface area (Å²) in [6, 6.07) is 3.57. The average molecular weight is 267 g/mol. The van der Waals surface area contributed by atoms with Crippen molar-refractivity contribution in [3.8, 4) is 11.8 Å². The highest BCUT2D eigenvalue weighted by molar-refractivity contribution is 7.14. The predicted molar refractivity (Wildman–Crippen MR) is 71.7 cm³/mol. The van der Waals surface area contributed by atoms with E-state index < -0.39 is 0 Å². The number of rotatable bonds is 4.